The molecule has 0 spiro atoms. The number of nitrogens with one attached hydrogen (secondary N) is 1. The summed E-state index contributed by atoms with van der Waals surface area (Å²) in [5.41, 5.74) is 6.08. The molecule has 5 N–H and O–H groups in total. The second kappa shape index (κ2) is 9.44. The van der Waals surface area contributed by atoms with Gasteiger partial charge < -0.3 is 10.5 Å². The van der Waals surface area contributed by atoms with Gasteiger partial charge in [-0.05, 0) is 6.92 Å². The Morgan fingerprint density at radius 2 is 2.08 bits per heavy atom. The SMILES string of the molecule is C=CC(=O)OCC.NNC(N)=O. The Labute approximate surface area is 70.5 Å². The Kier molecular flexibility index (Phi) is 10.3. The van der Waals surface area contributed by atoms with Crippen LogP contribution in [0.1, 0.15) is 6.92 Å². The Balaban J connectivity index is 0. The molecule has 0 atom stereocenters. The van der Waals surface area contributed by atoms with Crippen molar-refractivity contribution < 1.29 is 14.3 Å². The van der Waals surface area contributed by atoms with Crippen LogP contribution in [0.3, 0.4) is 0 Å². The van der Waals surface area contributed by atoms with Crippen LogP contribution in [0.4, 0.5) is 4.79 Å². The maximum atomic E-state index is 10.1. The summed E-state index contributed by atoms with van der Waals surface area (Å²) >= 11 is 0. The lowest BCUT2D eigenvalue weighted by Crippen LogP contribution is -2.34. The van der Waals surface area contributed by atoms with Gasteiger partial charge >= 0.3 is 12.0 Å². The third-order valence-electron chi connectivity index (χ3n) is 0.596. The largest absolute Gasteiger partial charge is 0.463 e. The number of hydrazine groups is 1. The number of rotatable bonds is 2. The van der Waals surface area contributed by atoms with Gasteiger partial charge in [-0.25, -0.2) is 15.4 Å². The van der Waals surface area contributed by atoms with Crippen molar-refractivity contribution in [3.8, 4) is 0 Å². The summed E-state index contributed by atoms with van der Waals surface area (Å²) in [5.74, 6) is 4.09. The maximum absolute atomic E-state index is 10.1. The molecule has 2 amide bonds. The van der Waals surface area contributed by atoms with Crippen LogP contribution < -0.4 is 17.0 Å². The predicted octanol–water partition coefficient (Wildman–Crippen LogP) is -0.736. The third-order valence-corrected chi connectivity index (χ3v) is 0.596. The molecule has 0 aromatic carbocycles. The van der Waals surface area contributed by atoms with Crippen LogP contribution in [0, 0.1) is 0 Å². The highest BCUT2D eigenvalue weighted by Crippen LogP contribution is 1.74. The van der Waals surface area contributed by atoms with Gasteiger partial charge in [-0.15, -0.1) is 0 Å². The van der Waals surface area contributed by atoms with Gasteiger partial charge in [0.1, 0.15) is 0 Å². The molecule has 0 aromatic heterocycles. The zero-order chi connectivity index (χ0) is 9.98. The van der Waals surface area contributed by atoms with Crippen LogP contribution in [0.5, 0.6) is 0 Å². The second-order valence-corrected chi connectivity index (χ2v) is 1.46. The van der Waals surface area contributed by atoms with Gasteiger partial charge in [0.15, 0.2) is 0 Å². The van der Waals surface area contributed by atoms with E-state index in [9.17, 15) is 9.59 Å². The molecule has 0 saturated carbocycles. The Hall–Kier alpha value is -1.56. The molecule has 0 fully saturated rings. The van der Waals surface area contributed by atoms with Gasteiger partial charge in [0.05, 0.1) is 6.61 Å². The van der Waals surface area contributed by atoms with E-state index >= 15 is 0 Å². The topological polar surface area (TPSA) is 107 Å². The van der Waals surface area contributed by atoms with Crippen LogP contribution in [-0.2, 0) is 9.53 Å². The standard InChI is InChI=1S/C5H8O2.CH5N3O/c1-3-5(6)7-4-2;2-1(5)4-3/h3H,1,4H2,2H3;3H2,(H3,2,4,5). The van der Waals surface area contributed by atoms with Crippen LogP contribution >= 0.6 is 0 Å². The molecule has 0 saturated heterocycles. The molecule has 0 aliphatic carbocycles. The Bertz CT molecular complexity index is 158. The highest BCUT2D eigenvalue weighted by Gasteiger charge is 1.86. The molecule has 0 aliphatic rings. The van der Waals surface area contributed by atoms with Crippen molar-refractivity contribution >= 4 is 12.0 Å². The van der Waals surface area contributed by atoms with Crippen LogP contribution in [0.15, 0.2) is 12.7 Å². The molecule has 70 valence electrons. The highest BCUT2D eigenvalue weighted by atomic mass is 16.5. The first kappa shape index (κ1) is 13.1. The van der Waals surface area contributed by atoms with Crippen LogP contribution in [0.25, 0.3) is 0 Å². The van der Waals surface area contributed by atoms with E-state index in [1.54, 1.807) is 12.3 Å². The van der Waals surface area contributed by atoms with E-state index in [2.05, 4.69) is 22.9 Å². The van der Waals surface area contributed by atoms with Gasteiger partial charge in [-0.3, -0.25) is 5.43 Å². The lowest BCUT2D eigenvalue weighted by Gasteiger charge is -1.90. The average molecular weight is 175 g/mol. The smallest absolute Gasteiger partial charge is 0.330 e. The van der Waals surface area contributed by atoms with Gasteiger partial charge in [-0.2, -0.15) is 0 Å². The average Bonchev–Trinajstić information content (AvgIpc) is 2.06. The summed E-state index contributed by atoms with van der Waals surface area (Å²) < 4.78 is 4.43. The molecule has 0 unspecified atom stereocenters. The summed E-state index contributed by atoms with van der Waals surface area (Å²) in [7, 11) is 0. The lowest BCUT2D eigenvalue weighted by atomic mass is 10.6. The molecule has 0 radical (unpaired) electrons. The second-order valence-electron chi connectivity index (χ2n) is 1.46. The number of nitrogens with two attached hydrogens (primary N) is 2. The third kappa shape index (κ3) is 15.8. The Morgan fingerprint density at radius 1 is 1.67 bits per heavy atom. The van der Waals surface area contributed by atoms with E-state index in [4.69, 9.17) is 0 Å². The molecule has 0 heterocycles. The van der Waals surface area contributed by atoms with Crippen molar-refractivity contribution in [2.45, 2.75) is 6.92 Å². The summed E-state index contributed by atoms with van der Waals surface area (Å²) in [6.45, 7) is 5.38. The number of ether oxygens (including phenoxy) is 1. The monoisotopic (exact) mass is 175 g/mol. The first-order valence-corrected chi connectivity index (χ1v) is 3.13. The van der Waals surface area contributed by atoms with E-state index in [0.717, 1.165) is 6.08 Å². The molecule has 0 bridgehead atoms. The van der Waals surface area contributed by atoms with E-state index in [1.165, 1.54) is 0 Å². The normalized spacial score (nSPS) is 7.17. The minimum atomic E-state index is -0.718. The number of urea groups is 1. The quantitative estimate of drug-likeness (QED) is 0.169. The first-order valence-electron chi connectivity index (χ1n) is 3.13. The molecule has 0 aliphatic heterocycles. The molecule has 0 aromatic rings. The number of hydrogen-bond donors (Lipinski definition) is 3. The van der Waals surface area contributed by atoms with Gasteiger partial charge in [0.2, 0.25) is 0 Å². The zero-order valence-corrected chi connectivity index (χ0v) is 6.87. The fraction of sp³-hybridized carbons (Fsp3) is 0.333. The minimum absolute atomic E-state index is 0.359. The van der Waals surface area contributed by atoms with Crippen molar-refractivity contribution in [1.29, 1.82) is 0 Å². The number of amides is 2. The molecule has 12 heavy (non-hydrogen) atoms. The lowest BCUT2D eigenvalue weighted by molar-refractivity contribution is -0.137. The van der Waals surface area contributed by atoms with Gasteiger partial charge in [0.25, 0.3) is 0 Å². The van der Waals surface area contributed by atoms with E-state index < -0.39 is 6.03 Å². The Morgan fingerprint density at radius 3 is 2.17 bits per heavy atom. The van der Waals surface area contributed by atoms with E-state index in [-0.39, 0.29) is 5.97 Å². The summed E-state index contributed by atoms with van der Waals surface area (Å²) in [4.78, 5) is 19.4. The summed E-state index contributed by atoms with van der Waals surface area (Å²) in [6, 6.07) is -0.718. The molecular formula is C6H13N3O3. The molecular weight excluding hydrogens is 162 g/mol. The first-order chi connectivity index (χ1) is 5.58. The van der Waals surface area contributed by atoms with Gasteiger partial charge in [0, 0.05) is 6.08 Å². The van der Waals surface area contributed by atoms with E-state index in [0.29, 0.717) is 6.61 Å². The molecule has 6 heteroatoms. The van der Waals surface area contributed by atoms with Crippen molar-refractivity contribution in [3.05, 3.63) is 12.7 Å². The number of carbonyl (C=O) groups excluding carboxylic acids is 2. The predicted molar refractivity (Wildman–Crippen MR) is 43.7 cm³/mol. The van der Waals surface area contributed by atoms with Crippen molar-refractivity contribution in [2.75, 3.05) is 6.61 Å². The summed E-state index contributed by atoms with van der Waals surface area (Å²) in [5, 5.41) is 0. The van der Waals surface area contributed by atoms with Crippen LogP contribution in [-0.4, -0.2) is 18.6 Å². The van der Waals surface area contributed by atoms with Crippen molar-refractivity contribution in [2.24, 2.45) is 11.6 Å². The zero-order valence-electron chi connectivity index (χ0n) is 6.87. The fourth-order valence-electron chi connectivity index (χ4n) is 0.201. The fourth-order valence-corrected chi connectivity index (χ4v) is 0.201. The minimum Gasteiger partial charge on any atom is -0.463 e. The maximum Gasteiger partial charge on any atom is 0.330 e. The van der Waals surface area contributed by atoms with E-state index in [1.807, 2.05) is 0 Å². The number of carbonyl (C=O) groups is 2. The molecule has 6 nitrogen and oxygen atoms in total. The van der Waals surface area contributed by atoms with Gasteiger partial charge in [-0.1, -0.05) is 6.58 Å². The van der Waals surface area contributed by atoms with Crippen molar-refractivity contribution in [1.82, 2.24) is 5.43 Å². The summed E-state index contributed by atoms with van der Waals surface area (Å²) in [6.07, 6.45) is 1.14. The number of primary amides is 1. The molecule has 0 rings (SSSR count). The number of hydrogen-bond acceptors (Lipinski definition) is 4. The van der Waals surface area contributed by atoms with Crippen LogP contribution in [0.2, 0.25) is 0 Å². The highest BCUT2D eigenvalue weighted by molar-refractivity contribution is 5.81. The number of esters is 1. The van der Waals surface area contributed by atoms with Crippen molar-refractivity contribution in [3.63, 3.8) is 0 Å².